The number of halogens is 6. The number of hydrogen-bond acceptors (Lipinski definition) is 1. The van der Waals surface area contributed by atoms with Crippen LogP contribution in [0, 0.1) is 0 Å². The van der Waals surface area contributed by atoms with Crippen molar-refractivity contribution in [3.63, 3.8) is 0 Å². The van der Waals surface area contributed by atoms with Crippen LogP contribution in [0.2, 0.25) is 15.1 Å². The van der Waals surface area contributed by atoms with E-state index in [-0.39, 0.29) is 5.02 Å². The summed E-state index contributed by atoms with van der Waals surface area (Å²) < 4.78 is 37.6. The molecule has 1 N–H and O–H groups in total. The molecule has 2 aromatic carbocycles. The Balaban J connectivity index is 2.11. The van der Waals surface area contributed by atoms with Crippen molar-refractivity contribution in [2.75, 3.05) is 5.32 Å². The molecule has 0 aliphatic carbocycles. The van der Waals surface area contributed by atoms with E-state index in [1.54, 1.807) is 18.2 Å². The summed E-state index contributed by atoms with van der Waals surface area (Å²) in [5.41, 5.74) is 0.462. The van der Waals surface area contributed by atoms with E-state index >= 15 is 0 Å². The SMILES string of the molecule is FC(F)(F)c1ccc(NCc2ccc(Cl)c(Cl)c2)c(Cl)c1. The van der Waals surface area contributed by atoms with Crippen LogP contribution in [-0.2, 0) is 12.7 Å². The van der Waals surface area contributed by atoms with Crippen molar-refractivity contribution in [2.24, 2.45) is 0 Å². The molecule has 1 nitrogen and oxygen atoms in total. The van der Waals surface area contributed by atoms with Gasteiger partial charge in [-0.2, -0.15) is 13.2 Å². The zero-order valence-electron chi connectivity index (χ0n) is 10.4. The Labute approximate surface area is 134 Å². The van der Waals surface area contributed by atoms with Crippen molar-refractivity contribution in [1.82, 2.24) is 0 Å². The highest BCUT2D eigenvalue weighted by molar-refractivity contribution is 6.42. The number of nitrogens with one attached hydrogen (secondary N) is 1. The zero-order valence-corrected chi connectivity index (χ0v) is 12.7. The molecule has 0 amide bonds. The number of benzene rings is 2. The lowest BCUT2D eigenvalue weighted by molar-refractivity contribution is -0.137. The molecule has 0 radical (unpaired) electrons. The molecule has 0 atom stereocenters. The highest BCUT2D eigenvalue weighted by atomic mass is 35.5. The molecular formula is C14H9Cl3F3N. The highest BCUT2D eigenvalue weighted by Crippen LogP contribution is 2.34. The largest absolute Gasteiger partial charge is 0.416 e. The van der Waals surface area contributed by atoms with Gasteiger partial charge in [0, 0.05) is 6.54 Å². The molecule has 0 heterocycles. The van der Waals surface area contributed by atoms with Crippen LogP contribution in [0.5, 0.6) is 0 Å². The summed E-state index contributed by atoms with van der Waals surface area (Å²) >= 11 is 17.5. The molecule has 2 aromatic rings. The Morgan fingerprint density at radius 1 is 0.857 bits per heavy atom. The molecule has 0 saturated carbocycles. The monoisotopic (exact) mass is 353 g/mol. The number of anilines is 1. The van der Waals surface area contributed by atoms with Gasteiger partial charge in [0.25, 0.3) is 0 Å². The van der Waals surface area contributed by atoms with Gasteiger partial charge in [0.05, 0.1) is 26.3 Å². The smallest absolute Gasteiger partial charge is 0.380 e. The third-order valence-corrected chi connectivity index (χ3v) is 3.82. The summed E-state index contributed by atoms with van der Waals surface area (Å²) in [5, 5.41) is 3.81. The minimum absolute atomic E-state index is 0.00452. The van der Waals surface area contributed by atoms with Gasteiger partial charge >= 0.3 is 6.18 Å². The quantitative estimate of drug-likeness (QED) is 0.684. The van der Waals surface area contributed by atoms with Gasteiger partial charge in [-0.1, -0.05) is 40.9 Å². The van der Waals surface area contributed by atoms with Gasteiger partial charge < -0.3 is 5.32 Å². The first-order chi connectivity index (χ1) is 9.77. The van der Waals surface area contributed by atoms with Crippen LogP contribution in [0.15, 0.2) is 36.4 Å². The molecule has 0 bridgehead atoms. The fraction of sp³-hybridized carbons (Fsp3) is 0.143. The summed E-state index contributed by atoms with van der Waals surface area (Å²) in [6, 6.07) is 8.24. The number of rotatable bonds is 3. The first kappa shape index (κ1) is 16.3. The average molecular weight is 355 g/mol. The van der Waals surface area contributed by atoms with E-state index < -0.39 is 11.7 Å². The Morgan fingerprint density at radius 2 is 1.57 bits per heavy atom. The van der Waals surface area contributed by atoms with Crippen LogP contribution in [0.3, 0.4) is 0 Å². The van der Waals surface area contributed by atoms with Crippen LogP contribution in [0.25, 0.3) is 0 Å². The fourth-order valence-corrected chi connectivity index (χ4v) is 2.25. The predicted octanol–water partition coefficient (Wildman–Crippen LogP) is 6.28. The molecule has 0 aliphatic rings. The third-order valence-electron chi connectivity index (χ3n) is 2.76. The molecule has 0 spiro atoms. The van der Waals surface area contributed by atoms with Gasteiger partial charge in [-0.3, -0.25) is 0 Å². The third kappa shape index (κ3) is 4.19. The minimum atomic E-state index is -4.41. The van der Waals surface area contributed by atoms with E-state index in [4.69, 9.17) is 34.8 Å². The second kappa shape index (κ2) is 6.34. The van der Waals surface area contributed by atoms with Gasteiger partial charge in [-0.25, -0.2) is 0 Å². The van der Waals surface area contributed by atoms with Crippen molar-refractivity contribution in [2.45, 2.75) is 12.7 Å². The van der Waals surface area contributed by atoms with Crippen LogP contribution in [-0.4, -0.2) is 0 Å². The number of hydrogen-bond donors (Lipinski definition) is 1. The van der Waals surface area contributed by atoms with Crippen molar-refractivity contribution in [3.05, 3.63) is 62.6 Å². The molecule has 0 unspecified atom stereocenters. The maximum absolute atomic E-state index is 12.5. The Bertz CT molecular complexity index is 656. The van der Waals surface area contributed by atoms with E-state index in [9.17, 15) is 13.2 Å². The van der Waals surface area contributed by atoms with E-state index in [2.05, 4.69) is 5.32 Å². The molecule has 0 aliphatic heterocycles. The van der Waals surface area contributed by atoms with E-state index in [0.717, 1.165) is 17.7 Å². The van der Waals surface area contributed by atoms with Crippen LogP contribution < -0.4 is 5.32 Å². The second-order valence-electron chi connectivity index (χ2n) is 4.29. The zero-order chi connectivity index (χ0) is 15.6. The maximum Gasteiger partial charge on any atom is 0.416 e. The van der Waals surface area contributed by atoms with Crippen LogP contribution in [0.1, 0.15) is 11.1 Å². The lowest BCUT2D eigenvalue weighted by Gasteiger charge is -2.12. The molecule has 0 saturated heterocycles. The molecule has 7 heteroatoms. The van der Waals surface area contributed by atoms with E-state index in [1.165, 1.54) is 6.07 Å². The topological polar surface area (TPSA) is 12.0 Å². The summed E-state index contributed by atoms with van der Waals surface area (Å²) in [6.45, 7) is 0.363. The summed E-state index contributed by atoms with van der Waals surface area (Å²) in [5.74, 6) is 0. The summed E-state index contributed by atoms with van der Waals surface area (Å²) in [4.78, 5) is 0. The highest BCUT2D eigenvalue weighted by Gasteiger charge is 2.30. The van der Waals surface area contributed by atoms with E-state index in [1.807, 2.05) is 0 Å². The first-order valence-corrected chi connectivity index (χ1v) is 6.95. The Morgan fingerprint density at radius 3 is 2.14 bits per heavy atom. The summed E-state index contributed by atoms with van der Waals surface area (Å²) in [7, 11) is 0. The summed E-state index contributed by atoms with van der Waals surface area (Å²) in [6.07, 6.45) is -4.41. The average Bonchev–Trinajstić information content (AvgIpc) is 2.40. The lowest BCUT2D eigenvalue weighted by atomic mass is 10.2. The molecule has 0 fully saturated rings. The van der Waals surface area contributed by atoms with Crippen molar-refractivity contribution >= 4 is 40.5 Å². The van der Waals surface area contributed by atoms with Gasteiger partial charge in [-0.15, -0.1) is 0 Å². The Kier molecular flexibility index (Phi) is 4.91. The van der Waals surface area contributed by atoms with Crippen LogP contribution in [0.4, 0.5) is 18.9 Å². The first-order valence-electron chi connectivity index (χ1n) is 5.82. The van der Waals surface area contributed by atoms with Gasteiger partial charge in [0.1, 0.15) is 0 Å². The molecular weight excluding hydrogens is 346 g/mol. The van der Waals surface area contributed by atoms with Crippen molar-refractivity contribution in [3.8, 4) is 0 Å². The molecule has 2 rings (SSSR count). The minimum Gasteiger partial charge on any atom is -0.380 e. The number of alkyl halides is 3. The fourth-order valence-electron chi connectivity index (χ4n) is 1.68. The van der Waals surface area contributed by atoms with E-state index in [0.29, 0.717) is 22.3 Å². The lowest BCUT2D eigenvalue weighted by Crippen LogP contribution is -2.06. The Hall–Kier alpha value is -1.10. The second-order valence-corrected chi connectivity index (χ2v) is 5.52. The van der Waals surface area contributed by atoms with Crippen LogP contribution >= 0.6 is 34.8 Å². The van der Waals surface area contributed by atoms with Gasteiger partial charge in [0.2, 0.25) is 0 Å². The van der Waals surface area contributed by atoms with Gasteiger partial charge in [0.15, 0.2) is 0 Å². The van der Waals surface area contributed by atoms with Crippen molar-refractivity contribution in [1.29, 1.82) is 0 Å². The van der Waals surface area contributed by atoms with Gasteiger partial charge in [-0.05, 0) is 35.9 Å². The predicted molar refractivity (Wildman–Crippen MR) is 80.2 cm³/mol. The molecule has 21 heavy (non-hydrogen) atoms. The molecule has 112 valence electrons. The van der Waals surface area contributed by atoms with Crippen molar-refractivity contribution < 1.29 is 13.2 Å². The normalized spacial score (nSPS) is 11.5. The maximum atomic E-state index is 12.5. The standard InChI is InChI=1S/C14H9Cl3F3N/c15-10-3-1-8(5-11(10)16)7-21-13-4-2-9(6-12(13)17)14(18,19)20/h1-6,21H,7H2. The molecule has 0 aromatic heterocycles.